The number of halogens is 1. The highest BCUT2D eigenvalue weighted by Crippen LogP contribution is 2.38. The number of ether oxygens (including phenoxy) is 1. The van der Waals surface area contributed by atoms with E-state index in [1.54, 1.807) is 12.4 Å². The summed E-state index contributed by atoms with van der Waals surface area (Å²) < 4.78 is 12.4. The second kappa shape index (κ2) is 11.6. The molecule has 3 aliphatic rings. The van der Waals surface area contributed by atoms with Gasteiger partial charge in [-0.2, -0.15) is 0 Å². The van der Waals surface area contributed by atoms with E-state index in [1.807, 2.05) is 17.0 Å². The highest BCUT2D eigenvalue weighted by Gasteiger charge is 2.39. The molecule has 13 heteroatoms. The second-order valence-electron chi connectivity index (χ2n) is 12.8. The first-order valence-electron chi connectivity index (χ1n) is 15.5. The van der Waals surface area contributed by atoms with E-state index in [0.29, 0.717) is 48.6 Å². The Balaban J connectivity index is 1.37. The van der Waals surface area contributed by atoms with Crippen LogP contribution in [0.1, 0.15) is 46.5 Å². The third kappa shape index (κ3) is 5.38. The summed E-state index contributed by atoms with van der Waals surface area (Å²) in [6.45, 7) is 9.67. The highest BCUT2D eigenvalue weighted by atomic mass is 35.5. The standard InChI is InChI=1S/C31H37ClN8O4/c1-17-4-6-20(7-5-17)14-39-27-24(35-30(39)40-18(2)12-38(13-19(40)3)29(41)22-15-43-16-22)9-25(28-36-31(42)44-37-28)34-26(27)21-8-23(32)11-33-10-21/h8-11,17-20,22H,4-7,12-16H2,1-3H3,(H,36,37,42)/t17?,18-,19-,20?/m1/s1. The summed E-state index contributed by atoms with van der Waals surface area (Å²) in [5.74, 6) is 1.77. The minimum atomic E-state index is -0.658. The monoisotopic (exact) mass is 620 g/mol. The number of nitrogens with zero attached hydrogens (tertiary/aromatic N) is 7. The van der Waals surface area contributed by atoms with E-state index in [1.165, 1.54) is 12.8 Å². The summed E-state index contributed by atoms with van der Waals surface area (Å²) in [5.41, 5.74) is 3.41. The molecule has 0 aromatic carbocycles. The van der Waals surface area contributed by atoms with Crippen molar-refractivity contribution in [3.8, 4) is 22.8 Å². The third-order valence-corrected chi connectivity index (χ3v) is 9.60. The normalized spacial score (nSPS) is 24.5. The van der Waals surface area contributed by atoms with Crippen molar-refractivity contribution in [2.24, 2.45) is 17.8 Å². The van der Waals surface area contributed by atoms with Gasteiger partial charge in [0.05, 0.1) is 40.9 Å². The Morgan fingerprint density at radius 3 is 2.43 bits per heavy atom. The van der Waals surface area contributed by atoms with Crippen molar-refractivity contribution in [1.29, 1.82) is 0 Å². The molecule has 3 fully saturated rings. The van der Waals surface area contributed by atoms with Gasteiger partial charge in [-0.15, -0.1) is 0 Å². The molecule has 1 N–H and O–H groups in total. The van der Waals surface area contributed by atoms with Gasteiger partial charge in [-0.05, 0) is 50.7 Å². The number of carbonyl (C=O) groups excluding carboxylic acids is 1. The van der Waals surface area contributed by atoms with E-state index in [-0.39, 0.29) is 29.7 Å². The third-order valence-electron chi connectivity index (χ3n) is 9.39. The van der Waals surface area contributed by atoms with Crippen molar-refractivity contribution in [2.45, 2.75) is 65.1 Å². The highest BCUT2D eigenvalue weighted by molar-refractivity contribution is 6.30. The van der Waals surface area contributed by atoms with Crippen LogP contribution in [0.3, 0.4) is 0 Å². The van der Waals surface area contributed by atoms with Gasteiger partial charge in [0.15, 0.2) is 0 Å². The van der Waals surface area contributed by atoms with Crippen LogP contribution in [0.25, 0.3) is 33.8 Å². The molecular weight excluding hydrogens is 584 g/mol. The molecule has 6 heterocycles. The van der Waals surface area contributed by atoms with Gasteiger partial charge in [0.2, 0.25) is 17.7 Å². The van der Waals surface area contributed by atoms with Crippen LogP contribution in [-0.2, 0) is 16.1 Å². The maximum atomic E-state index is 13.2. The van der Waals surface area contributed by atoms with Crippen LogP contribution >= 0.6 is 11.6 Å². The lowest BCUT2D eigenvalue weighted by molar-refractivity contribution is -0.151. The molecule has 4 aromatic heterocycles. The van der Waals surface area contributed by atoms with E-state index in [4.69, 9.17) is 30.8 Å². The fourth-order valence-electron chi connectivity index (χ4n) is 7.02. The van der Waals surface area contributed by atoms with E-state index >= 15 is 0 Å². The Morgan fingerprint density at radius 2 is 1.80 bits per heavy atom. The first-order valence-corrected chi connectivity index (χ1v) is 15.9. The number of imidazole rings is 1. The lowest BCUT2D eigenvalue weighted by Crippen LogP contribution is -2.61. The van der Waals surface area contributed by atoms with Crippen molar-refractivity contribution in [1.82, 2.24) is 34.6 Å². The van der Waals surface area contributed by atoms with Crippen molar-refractivity contribution in [3.63, 3.8) is 0 Å². The number of hydrogen-bond acceptors (Lipinski definition) is 9. The molecule has 1 aliphatic carbocycles. The van der Waals surface area contributed by atoms with E-state index < -0.39 is 5.76 Å². The minimum Gasteiger partial charge on any atom is -0.380 e. The van der Waals surface area contributed by atoms with Crippen LogP contribution in [0.15, 0.2) is 33.8 Å². The second-order valence-corrected chi connectivity index (χ2v) is 13.2. The Bertz CT molecular complexity index is 1730. The average molecular weight is 621 g/mol. The van der Waals surface area contributed by atoms with E-state index in [0.717, 1.165) is 47.8 Å². The summed E-state index contributed by atoms with van der Waals surface area (Å²) in [5, 5.41) is 4.39. The number of hydrogen-bond donors (Lipinski definition) is 1. The number of aromatic amines is 1. The number of carbonyl (C=O) groups is 1. The van der Waals surface area contributed by atoms with Gasteiger partial charge in [-0.3, -0.25) is 19.3 Å². The topological polar surface area (TPSA) is 135 Å². The zero-order chi connectivity index (χ0) is 30.5. The smallest absolute Gasteiger partial charge is 0.380 e. The Labute approximate surface area is 259 Å². The van der Waals surface area contributed by atoms with Gasteiger partial charge in [0, 0.05) is 49.7 Å². The molecule has 1 saturated carbocycles. The molecule has 0 bridgehead atoms. The van der Waals surface area contributed by atoms with Crippen molar-refractivity contribution in [2.75, 3.05) is 31.2 Å². The summed E-state index contributed by atoms with van der Waals surface area (Å²) in [6.07, 6.45) is 8.04. The zero-order valence-corrected chi connectivity index (χ0v) is 26.0. The van der Waals surface area contributed by atoms with Crippen LogP contribution in [0, 0.1) is 17.8 Å². The molecule has 0 radical (unpaired) electrons. The van der Waals surface area contributed by atoms with Gasteiger partial charge in [0.1, 0.15) is 5.69 Å². The van der Waals surface area contributed by atoms with Gasteiger partial charge in [-0.1, -0.05) is 36.5 Å². The molecule has 0 unspecified atom stereocenters. The summed E-state index contributed by atoms with van der Waals surface area (Å²) in [7, 11) is 0. The van der Waals surface area contributed by atoms with Crippen LogP contribution in [0.5, 0.6) is 0 Å². The largest absolute Gasteiger partial charge is 0.439 e. The minimum absolute atomic E-state index is 0.0289. The quantitative estimate of drug-likeness (QED) is 0.333. The molecule has 2 atom stereocenters. The maximum absolute atomic E-state index is 13.2. The number of nitrogens with one attached hydrogen (secondary N) is 1. The van der Waals surface area contributed by atoms with Crippen LogP contribution < -0.4 is 10.7 Å². The Morgan fingerprint density at radius 1 is 1.05 bits per heavy atom. The first kappa shape index (κ1) is 29.0. The van der Waals surface area contributed by atoms with Crippen molar-refractivity contribution in [3.05, 3.63) is 40.1 Å². The maximum Gasteiger partial charge on any atom is 0.439 e. The van der Waals surface area contributed by atoms with Crippen molar-refractivity contribution >= 4 is 34.5 Å². The molecule has 7 rings (SSSR count). The van der Waals surface area contributed by atoms with E-state index in [2.05, 4.69) is 45.4 Å². The summed E-state index contributed by atoms with van der Waals surface area (Å²) >= 11 is 6.42. The number of piperazine rings is 1. The van der Waals surface area contributed by atoms with Gasteiger partial charge in [-0.25, -0.2) is 14.8 Å². The van der Waals surface area contributed by atoms with Gasteiger partial charge < -0.3 is 19.1 Å². The number of pyridine rings is 2. The SMILES string of the molecule is CC1CCC(Cn2c(N3[C@H](C)CN(C(=O)C4COC4)C[C@H]3C)nc3cc(-c4noc(=O)[nH]4)nc(-c4cncc(Cl)c4)c32)CC1. The molecule has 1 amide bonds. The molecule has 2 saturated heterocycles. The van der Waals surface area contributed by atoms with Crippen LogP contribution in [0.4, 0.5) is 5.95 Å². The molecule has 4 aromatic rings. The molecule has 232 valence electrons. The molecule has 12 nitrogen and oxygen atoms in total. The fourth-order valence-corrected chi connectivity index (χ4v) is 7.20. The Hall–Kier alpha value is -3.77. The predicted octanol–water partition coefficient (Wildman–Crippen LogP) is 4.39. The molecular formula is C31H37ClN8O4. The number of aromatic nitrogens is 6. The molecule has 0 spiro atoms. The number of rotatable bonds is 6. The van der Waals surface area contributed by atoms with E-state index in [9.17, 15) is 9.59 Å². The van der Waals surface area contributed by atoms with Crippen molar-refractivity contribution < 1.29 is 14.1 Å². The number of H-pyrrole nitrogens is 1. The zero-order valence-electron chi connectivity index (χ0n) is 25.2. The molecule has 44 heavy (non-hydrogen) atoms. The average Bonchev–Trinajstić information content (AvgIpc) is 3.56. The number of anilines is 1. The summed E-state index contributed by atoms with van der Waals surface area (Å²) in [4.78, 5) is 46.6. The lowest BCUT2D eigenvalue weighted by Gasteiger charge is -2.46. The van der Waals surface area contributed by atoms with Crippen LogP contribution in [-0.4, -0.2) is 78.9 Å². The van der Waals surface area contributed by atoms with Gasteiger partial charge in [0.25, 0.3) is 0 Å². The fraction of sp³-hybridized carbons (Fsp3) is 0.548. The van der Waals surface area contributed by atoms with Crippen LogP contribution in [0.2, 0.25) is 5.02 Å². The first-order chi connectivity index (χ1) is 21.2. The number of amides is 1. The Kier molecular flexibility index (Phi) is 7.65. The lowest BCUT2D eigenvalue weighted by atomic mass is 9.83. The van der Waals surface area contributed by atoms with Gasteiger partial charge >= 0.3 is 5.76 Å². The predicted molar refractivity (Wildman–Crippen MR) is 165 cm³/mol. The number of fused-ring (bicyclic) bond motifs is 1. The molecule has 2 aliphatic heterocycles. The summed E-state index contributed by atoms with van der Waals surface area (Å²) in [6, 6.07) is 3.74.